The molecule has 0 aromatic heterocycles. The van der Waals surface area contributed by atoms with Crippen molar-refractivity contribution in [2.24, 2.45) is 0 Å². The first kappa shape index (κ1) is 17.3. The predicted molar refractivity (Wildman–Crippen MR) is 83.8 cm³/mol. The summed E-state index contributed by atoms with van der Waals surface area (Å²) in [6.07, 6.45) is 0.818. The zero-order valence-electron chi connectivity index (χ0n) is 12.5. The SMILES string of the molecule is CCC(C)NC(=O)C(C)N(CC(=O)O)c1ccc(Cl)cc1. The highest BCUT2D eigenvalue weighted by Crippen LogP contribution is 2.20. The molecule has 0 heterocycles. The lowest BCUT2D eigenvalue weighted by Gasteiger charge is -2.29. The fraction of sp³-hybridized carbons (Fsp3) is 0.467. The number of hydrogen-bond acceptors (Lipinski definition) is 3. The van der Waals surface area contributed by atoms with Gasteiger partial charge in [0.1, 0.15) is 12.6 Å². The van der Waals surface area contributed by atoms with Gasteiger partial charge >= 0.3 is 5.97 Å². The fourth-order valence-corrected chi connectivity index (χ4v) is 1.96. The number of halogens is 1. The second kappa shape index (κ2) is 7.88. The molecule has 116 valence electrons. The van der Waals surface area contributed by atoms with Crippen molar-refractivity contribution in [3.63, 3.8) is 0 Å². The van der Waals surface area contributed by atoms with Gasteiger partial charge < -0.3 is 15.3 Å². The van der Waals surface area contributed by atoms with Gasteiger partial charge in [-0.05, 0) is 44.5 Å². The number of carbonyl (C=O) groups is 2. The first-order valence-electron chi connectivity index (χ1n) is 6.89. The lowest BCUT2D eigenvalue weighted by Crippen LogP contribution is -2.49. The van der Waals surface area contributed by atoms with Crippen LogP contribution in [0.25, 0.3) is 0 Å². The molecule has 0 aliphatic carbocycles. The number of anilines is 1. The van der Waals surface area contributed by atoms with Gasteiger partial charge in [-0.15, -0.1) is 0 Å². The molecule has 2 atom stereocenters. The summed E-state index contributed by atoms with van der Waals surface area (Å²) in [6.45, 7) is 5.32. The fourth-order valence-electron chi connectivity index (χ4n) is 1.84. The molecule has 0 aliphatic heterocycles. The van der Waals surface area contributed by atoms with Crippen LogP contribution < -0.4 is 10.2 Å². The summed E-state index contributed by atoms with van der Waals surface area (Å²) in [4.78, 5) is 24.8. The van der Waals surface area contributed by atoms with Crippen LogP contribution in [-0.4, -0.2) is 35.6 Å². The Morgan fingerprint density at radius 2 is 1.86 bits per heavy atom. The molecule has 6 heteroatoms. The van der Waals surface area contributed by atoms with Crippen molar-refractivity contribution in [2.45, 2.75) is 39.3 Å². The number of carbonyl (C=O) groups excluding carboxylic acids is 1. The molecule has 0 saturated carbocycles. The average molecular weight is 313 g/mol. The number of nitrogens with zero attached hydrogens (tertiary/aromatic N) is 1. The second-order valence-corrected chi connectivity index (χ2v) is 5.43. The Hall–Kier alpha value is -1.75. The molecule has 1 amide bonds. The number of rotatable bonds is 7. The van der Waals surface area contributed by atoms with Crippen LogP contribution in [0, 0.1) is 0 Å². The first-order valence-corrected chi connectivity index (χ1v) is 7.27. The van der Waals surface area contributed by atoms with Gasteiger partial charge in [-0.25, -0.2) is 0 Å². The lowest BCUT2D eigenvalue weighted by atomic mass is 10.2. The van der Waals surface area contributed by atoms with E-state index >= 15 is 0 Å². The van der Waals surface area contributed by atoms with Crippen molar-refractivity contribution < 1.29 is 14.7 Å². The van der Waals surface area contributed by atoms with Crippen molar-refractivity contribution in [1.82, 2.24) is 5.32 Å². The molecule has 2 unspecified atom stereocenters. The van der Waals surface area contributed by atoms with Gasteiger partial charge in [0.25, 0.3) is 0 Å². The highest BCUT2D eigenvalue weighted by molar-refractivity contribution is 6.30. The minimum absolute atomic E-state index is 0.0526. The van der Waals surface area contributed by atoms with E-state index in [9.17, 15) is 9.59 Å². The van der Waals surface area contributed by atoms with Crippen molar-refractivity contribution in [3.05, 3.63) is 29.3 Å². The summed E-state index contributed by atoms with van der Waals surface area (Å²) < 4.78 is 0. The van der Waals surface area contributed by atoms with E-state index < -0.39 is 12.0 Å². The monoisotopic (exact) mass is 312 g/mol. The molecular formula is C15H21ClN2O3. The second-order valence-electron chi connectivity index (χ2n) is 4.99. The molecule has 0 radical (unpaired) electrons. The molecule has 0 spiro atoms. The maximum Gasteiger partial charge on any atom is 0.323 e. The Bertz CT molecular complexity index is 490. The van der Waals surface area contributed by atoms with Gasteiger partial charge in [0.2, 0.25) is 5.91 Å². The van der Waals surface area contributed by atoms with E-state index in [1.807, 2.05) is 13.8 Å². The summed E-state index contributed by atoms with van der Waals surface area (Å²) in [7, 11) is 0. The molecule has 0 aliphatic rings. The number of amides is 1. The highest BCUT2D eigenvalue weighted by Gasteiger charge is 2.24. The van der Waals surface area contributed by atoms with E-state index in [0.29, 0.717) is 10.7 Å². The largest absolute Gasteiger partial charge is 0.480 e. The summed E-state index contributed by atoms with van der Waals surface area (Å²) in [5.41, 5.74) is 0.647. The molecule has 1 rings (SSSR count). The Morgan fingerprint density at radius 3 is 2.33 bits per heavy atom. The Balaban J connectivity index is 2.93. The van der Waals surface area contributed by atoms with Crippen molar-refractivity contribution in [1.29, 1.82) is 0 Å². The molecule has 5 nitrogen and oxygen atoms in total. The zero-order valence-corrected chi connectivity index (χ0v) is 13.2. The van der Waals surface area contributed by atoms with Gasteiger partial charge in [0.15, 0.2) is 0 Å². The number of aliphatic carboxylic acids is 1. The molecule has 1 aromatic carbocycles. The summed E-state index contributed by atoms with van der Waals surface area (Å²) in [6, 6.07) is 6.22. The number of benzene rings is 1. The summed E-state index contributed by atoms with van der Waals surface area (Å²) >= 11 is 5.84. The minimum atomic E-state index is -0.992. The van der Waals surface area contributed by atoms with E-state index in [0.717, 1.165) is 6.42 Å². The van der Waals surface area contributed by atoms with Crippen LogP contribution in [-0.2, 0) is 9.59 Å². The quantitative estimate of drug-likeness (QED) is 0.811. The van der Waals surface area contributed by atoms with Crippen LogP contribution in [0.4, 0.5) is 5.69 Å². The molecule has 0 bridgehead atoms. The highest BCUT2D eigenvalue weighted by atomic mass is 35.5. The smallest absolute Gasteiger partial charge is 0.323 e. The van der Waals surface area contributed by atoms with E-state index in [1.54, 1.807) is 31.2 Å². The van der Waals surface area contributed by atoms with Gasteiger partial charge in [0, 0.05) is 16.8 Å². The maximum absolute atomic E-state index is 12.2. The van der Waals surface area contributed by atoms with E-state index in [-0.39, 0.29) is 18.5 Å². The Kier molecular flexibility index (Phi) is 6.49. The maximum atomic E-state index is 12.2. The van der Waals surface area contributed by atoms with E-state index in [4.69, 9.17) is 16.7 Å². The third-order valence-corrected chi connectivity index (χ3v) is 3.56. The Morgan fingerprint density at radius 1 is 1.29 bits per heavy atom. The lowest BCUT2D eigenvalue weighted by molar-refractivity contribution is -0.135. The molecule has 1 aromatic rings. The summed E-state index contributed by atoms with van der Waals surface area (Å²) in [5, 5.41) is 12.5. The molecule has 0 saturated heterocycles. The predicted octanol–water partition coefficient (Wildman–Crippen LogP) is 2.53. The molecule has 0 fully saturated rings. The van der Waals surface area contributed by atoms with Crippen LogP contribution in [0.2, 0.25) is 5.02 Å². The van der Waals surface area contributed by atoms with Crippen molar-refractivity contribution in [3.8, 4) is 0 Å². The van der Waals surface area contributed by atoms with Crippen LogP contribution in [0.1, 0.15) is 27.2 Å². The van der Waals surface area contributed by atoms with Crippen molar-refractivity contribution >= 4 is 29.2 Å². The normalized spacial score (nSPS) is 13.3. The number of nitrogens with one attached hydrogen (secondary N) is 1. The summed E-state index contributed by atoms with van der Waals surface area (Å²) in [5.74, 6) is -1.19. The van der Waals surface area contributed by atoms with Crippen LogP contribution >= 0.6 is 11.6 Å². The molecular weight excluding hydrogens is 292 g/mol. The molecule has 21 heavy (non-hydrogen) atoms. The number of hydrogen-bond donors (Lipinski definition) is 2. The van der Waals surface area contributed by atoms with Crippen molar-refractivity contribution in [2.75, 3.05) is 11.4 Å². The number of carboxylic acid groups (broad SMARTS) is 1. The van der Waals surface area contributed by atoms with Crippen LogP contribution in [0.15, 0.2) is 24.3 Å². The van der Waals surface area contributed by atoms with Crippen LogP contribution in [0.5, 0.6) is 0 Å². The Labute approximate surface area is 129 Å². The molecule has 2 N–H and O–H groups in total. The van der Waals surface area contributed by atoms with Gasteiger partial charge in [-0.1, -0.05) is 18.5 Å². The average Bonchev–Trinajstić information content (AvgIpc) is 2.44. The third kappa shape index (κ3) is 5.27. The first-order chi connectivity index (χ1) is 9.85. The van der Waals surface area contributed by atoms with Gasteiger partial charge in [-0.2, -0.15) is 0 Å². The minimum Gasteiger partial charge on any atom is -0.480 e. The van der Waals surface area contributed by atoms with E-state index in [1.165, 1.54) is 4.90 Å². The number of carboxylic acids is 1. The van der Waals surface area contributed by atoms with Crippen LogP contribution in [0.3, 0.4) is 0 Å². The van der Waals surface area contributed by atoms with Gasteiger partial charge in [-0.3, -0.25) is 9.59 Å². The van der Waals surface area contributed by atoms with Gasteiger partial charge in [0.05, 0.1) is 0 Å². The zero-order chi connectivity index (χ0) is 16.0. The standard InChI is InChI=1S/C15H21ClN2O3/c1-4-10(2)17-15(21)11(3)18(9-14(19)20)13-7-5-12(16)6-8-13/h5-8,10-11H,4,9H2,1-3H3,(H,17,21)(H,19,20). The topological polar surface area (TPSA) is 69.6 Å². The van der Waals surface area contributed by atoms with E-state index in [2.05, 4.69) is 5.32 Å². The third-order valence-electron chi connectivity index (χ3n) is 3.31.